The number of amides is 4. The Labute approximate surface area is 121 Å². The lowest BCUT2D eigenvalue weighted by Crippen LogP contribution is -2.58. The quantitative estimate of drug-likeness (QED) is 0.706. The van der Waals surface area contributed by atoms with Crippen molar-refractivity contribution in [2.24, 2.45) is 5.92 Å². The molecule has 0 radical (unpaired) electrons. The number of hydrogen-bond donors (Lipinski definition) is 0. The molecule has 0 aliphatic carbocycles. The number of imide groups is 2. The first kappa shape index (κ1) is 14.9. The topological polar surface area (TPSA) is 92.6 Å². The van der Waals surface area contributed by atoms with Crippen molar-refractivity contribution in [3.63, 3.8) is 0 Å². The van der Waals surface area contributed by atoms with Gasteiger partial charge in [-0.2, -0.15) is 0 Å². The van der Waals surface area contributed by atoms with Crippen LogP contribution in [0.1, 0.15) is 12.8 Å². The first-order valence-corrected chi connectivity index (χ1v) is 6.51. The number of urea groups is 1. The Kier molecular flexibility index (Phi) is 4.15. The first-order valence-electron chi connectivity index (χ1n) is 6.51. The molecule has 1 aliphatic rings. The summed E-state index contributed by atoms with van der Waals surface area (Å²) in [6, 6.07) is -0.715. The van der Waals surface area contributed by atoms with Crippen molar-refractivity contribution in [1.82, 2.24) is 19.4 Å². The summed E-state index contributed by atoms with van der Waals surface area (Å²) in [5, 5.41) is 0. The number of ketones is 1. The fourth-order valence-corrected chi connectivity index (χ4v) is 2.18. The Morgan fingerprint density at radius 2 is 1.81 bits per heavy atom. The predicted molar refractivity (Wildman–Crippen MR) is 70.9 cm³/mol. The van der Waals surface area contributed by atoms with Gasteiger partial charge < -0.3 is 4.57 Å². The molecule has 0 bridgehead atoms. The summed E-state index contributed by atoms with van der Waals surface area (Å²) < 4.78 is 1.81. The second-order valence-electron chi connectivity index (χ2n) is 4.88. The third kappa shape index (κ3) is 2.83. The van der Waals surface area contributed by atoms with Gasteiger partial charge in [0.25, 0.3) is 11.8 Å². The number of imidazole rings is 1. The van der Waals surface area contributed by atoms with E-state index in [0.29, 0.717) is 13.0 Å². The van der Waals surface area contributed by atoms with E-state index in [0.717, 1.165) is 9.80 Å². The van der Waals surface area contributed by atoms with Gasteiger partial charge in [-0.05, 0) is 6.42 Å². The zero-order valence-corrected chi connectivity index (χ0v) is 11.9. The minimum atomic E-state index is -1.40. The molecule has 1 fully saturated rings. The molecule has 1 saturated heterocycles. The number of aryl methyl sites for hydroxylation is 1. The van der Waals surface area contributed by atoms with Crippen molar-refractivity contribution in [3.05, 3.63) is 18.7 Å². The molecular weight excluding hydrogens is 276 g/mol. The van der Waals surface area contributed by atoms with Gasteiger partial charge in [-0.3, -0.25) is 24.2 Å². The molecule has 8 heteroatoms. The van der Waals surface area contributed by atoms with Crippen LogP contribution in [0.25, 0.3) is 0 Å². The van der Waals surface area contributed by atoms with Gasteiger partial charge in [0.2, 0.25) is 0 Å². The third-order valence-electron chi connectivity index (χ3n) is 3.45. The number of carbonyl (C=O) groups excluding carboxylic acids is 4. The lowest BCUT2D eigenvalue weighted by Gasteiger charge is -2.32. The van der Waals surface area contributed by atoms with Crippen LogP contribution in [0, 0.1) is 5.92 Å². The van der Waals surface area contributed by atoms with E-state index in [1.54, 1.807) is 23.3 Å². The largest absolute Gasteiger partial charge is 0.337 e. The molecule has 1 aromatic rings. The average Bonchev–Trinajstić information content (AvgIpc) is 2.96. The van der Waals surface area contributed by atoms with E-state index in [1.807, 2.05) is 0 Å². The highest BCUT2D eigenvalue weighted by molar-refractivity contribution is 6.26. The molecule has 1 aliphatic heterocycles. The van der Waals surface area contributed by atoms with Gasteiger partial charge in [0.1, 0.15) is 0 Å². The minimum absolute atomic E-state index is 0.0934. The molecule has 112 valence electrons. The maximum atomic E-state index is 12.1. The SMILES string of the molecule is CN1C(=O)C(C(=O)CCCn2ccnc2)C(=O)N(C)C1=O. The molecule has 0 N–H and O–H groups in total. The van der Waals surface area contributed by atoms with Gasteiger partial charge in [0.05, 0.1) is 6.33 Å². The molecule has 2 rings (SSSR count). The minimum Gasteiger partial charge on any atom is -0.337 e. The highest BCUT2D eigenvalue weighted by Crippen LogP contribution is 2.18. The summed E-state index contributed by atoms with van der Waals surface area (Å²) in [5.74, 6) is -3.37. The molecule has 0 unspecified atom stereocenters. The van der Waals surface area contributed by atoms with E-state index in [2.05, 4.69) is 4.98 Å². The van der Waals surface area contributed by atoms with Gasteiger partial charge in [-0.25, -0.2) is 9.78 Å². The van der Waals surface area contributed by atoms with Crippen LogP contribution in [0.5, 0.6) is 0 Å². The summed E-state index contributed by atoms with van der Waals surface area (Å²) >= 11 is 0. The van der Waals surface area contributed by atoms with Crippen LogP contribution >= 0.6 is 0 Å². The molecule has 21 heavy (non-hydrogen) atoms. The standard InChI is InChI=1S/C13H16N4O4/c1-15-11(19)10(12(20)16(2)13(15)21)9(18)4-3-6-17-7-5-14-8-17/h5,7-8,10H,3-4,6H2,1-2H3. The van der Waals surface area contributed by atoms with E-state index in [1.165, 1.54) is 14.1 Å². The Morgan fingerprint density at radius 3 is 2.33 bits per heavy atom. The smallest absolute Gasteiger partial charge is 0.332 e. The molecular formula is C13H16N4O4. The number of aromatic nitrogens is 2. The monoisotopic (exact) mass is 292 g/mol. The van der Waals surface area contributed by atoms with E-state index in [4.69, 9.17) is 0 Å². The van der Waals surface area contributed by atoms with Gasteiger partial charge >= 0.3 is 6.03 Å². The van der Waals surface area contributed by atoms with Crippen molar-refractivity contribution in [2.45, 2.75) is 19.4 Å². The number of nitrogens with zero attached hydrogens (tertiary/aromatic N) is 4. The van der Waals surface area contributed by atoms with Crippen molar-refractivity contribution in [1.29, 1.82) is 0 Å². The molecule has 4 amide bonds. The van der Waals surface area contributed by atoms with E-state index < -0.39 is 29.5 Å². The molecule has 8 nitrogen and oxygen atoms in total. The van der Waals surface area contributed by atoms with E-state index >= 15 is 0 Å². The molecule has 0 atom stereocenters. The summed E-state index contributed by atoms with van der Waals surface area (Å²) in [5.41, 5.74) is 0. The Bertz CT molecular complexity index is 557. The maximum absolute atomic E-state index is 12.1. The zero-order valence-electron chi connectivity index (χ0n) is 11.9. The van der Waals surface area contributed by atoms with Crippen LogP contribution in [0.15, 0.2) is 18.7 Å². The van der Waals surface area contributed by atoms with Gasteiger partial charge in [0.15, 0.2) is 11.7 Å². The Hall–Kier alpha value is -2.51. The van der Waals surface area contributed by atoms with Crippen molar-refractivity contribution in [2.75, 3.05) is 14.1 Å². The molecule has 0 spiro atoms. The van der Waals surface area contributed by atoms with Gasteiger partial charge in [0, 0.05) is 39.5 Å². The average molecular weight is 292 g/mol. The summed E-state index contributed by atoms with van der Waals surface area (Å²) in [6.45, 7) is 0.575. The number of carbonyl (C=O) groups is 4. The van der Waals surface area contributed by atoms with Crippen LogP contribution in [-0.4, -0.2) is 57.1 Å². The normalized spacial score (nSPS) is 16.8. The maximum Gasteiger partial charge on any atom is 0.332 e. The predicted octanol–water partition coefficient (Wildman–Crippen LogP) is -0.101. The van der Waals surface area contributed by atoms with Crippen LogP contribution in [0.3, 0.4) is 0 Å². The van der Waals surface area contributed by atoms with Crippen molar-refractivity contribution in [3.8, 4) is 0 Å². The van der Waals surface area contributed by atoms with Crippen LogP contribution in [0.2, 0.25) is 0 Å². The van der Waals surface area contributed by atoms with Gasteiger partial charge in [-0.1, -0.05) is 0 Å². The zero-order chi connectivity index (χ0) is 15.6. The van der Waals surface area contributed by atoms with Crippen molar-refractivity contribution < 1.29 is 19.2 Å². The Balaban J connectivity index is 1.98. The number of rotatable bonds is 5. The summed E-state index contributed by atoms with van der Waals surface area (Å²) in [6.07, 6.45) is 5.61. The summed E-state index contributed by atoms with van der Waals surface area (Å²) in [7, 11) is 2.53. The van der Waals surface area contributed by atoms with Crippen molar-refractivity contribution >= 4 is 23.6 Å². The summed E-state index contributed by atoms with van der Waals surface area (Å²) in [4.78, 5) is 53.1. The van der Waals surface area contributed by atoms with Crippen LogP contribution in [0.4, 0.5) is 4.79 Å². The fourth-order valence-electron chi connectivity index (χ4n) is 2.18. The van der Waals surface area contributed by atoms with Crippen LogP contribution in [-0.2, 0) is 20.9 Å². The Morgan fingerprint density at radius 1 is 1.19 bits per heavy atom. The molecule has 2 heterocycles. The molecule has 1 aromatic heterocycles. The lowest BCUT2D eigenvalue weighted by molar-refractivity contribution is -0.151. The highest BCUT2D eigenvalue weighted by Gasteiger charge is 2.45. The molecule has 0 aromatic carbocycles. The van der Waals surface area contributed by atoms with E-state index in [9.17, 15) is 19.2 Å². The fraction of sp³-hybridized carbons (Fsp3) is 0.462. The highest BCUT2D eigenvalue weighted by atomic mass is 16.2. The van der Waals surface area contributed by atoms with E-state index in [-0.39, 0.29) is 6.42 Å². The second kappa shape index (κ2) is 5.86. The number of Topliss-reactive ketones (excluding diaryl/α,β-unsaturated/α-hetero) is 1. The van der Waals surface area contributed by atoms with Gasteiger partial charge in [-0.15, -0.1) is 0 Å². The number of hydrogen-bond acceptors (Lipinski definition) is 5. The second-order valence-corrected chi connectivity index (χ2v) is 4.88. The van der Waals surface area contributed by atoms with Crippen LogP contribution < -0.4 is 0 Å². The first-order chi connectivity index (χ1) is 9.93. The number of barbiturate groups is 1. The molecule has 0 saturated carbocycles. The lowest BCUT2D eigenvalue weighted by atomic mass is 9.95. The third-order valence-corrected chi connectivity index (χ3v) is 3.45.